The molecular formula is C12H12Cl2N2S. The minimum atomic E-state index is 0.725. The number of halogens is 2. The van der Waals surface area contributed by atoms with Gasteiger partial charge in [0.1, 0.15) is 0 Å². The van der Waals surface area contributed by atoms with Crippen LogP contribution in [0.15, 0.2) is 30.5 Å². The number of nitrogens with zero attached hydrogens (tertiary/aromatic N) is 2. The van der Waals surface area contributed by atoms with Crippen molar-refractivity contribution < 1.29 is 0 Å². The van der Waals surface area contributed by atoms with E-state index >= 15 is 0 Å². The van der Waals surface area contributed by atoms with Crippen LogP contribution >= 0.6 is 34.5 Å². The largest absolute Gasteiger partial charge is 0.295 e. The van der Waals surface area contributed by atoms with E-state index in [0.29, 0.717) is 0 Å². The molecule has 0 N–H and O–H groups in total. The molecule has 0 saturated carbocycles. The van der Waals surface area contributed by atoms with Crippen molar-refractivity contribution in [2.75, 3.05) is 7.05 Å². The monoisotopic (exact) mass is 286 g/mol. The Kier molecular flexibility index (Phi) is 4.40. The standard InChI is InChI=1S/C12H12Cl2N2S/c1-16(8-11-2-3-12(14)17-11)7-10-6-9(13)4-5-15-10/h2-6H,7-8H2,1H3. The summed E-state index contributed by atoms with van der Waals surface area (Å²) in [5.41, 5.74) is 0.975. The molecule has 5 heteroatoms. The summed E-state index contributed by atoms with van der Waals surface area (Å²) >= 11 is 13.4. The molecule has 0 aliphatic rings. The maximum absolute atomic E-state index is 5.92. The average Bonchev–Trinajstić information content (AvgIpc) is 2.63. The first-order valence-electron chi connectivity index (χ1n) is 5.16. The molecule has 0 aliphatic carbocycles. The van der Waals surface area contributed by atoms with Crippen LogP contribution in [0.5, 0.6) is 0 Å². The normalized spacial score (nSPS) is 11.1. The summed E-state index contributed by atoms with van der Waals surface area (Å²) in [5, 5.41) is 0.725. The minimum Gasteiger partial charge on any atom is -0.295 e. The zero-order valence-corrected chi connectivity index (χ0v) is 11.7. The Morgan fingerprint density at radius 1 is 1.24 bits per heavy atom. The lowest BCUT2D eigenvalue weighted by Crippen LogP contribution is -2.17. The van der Waals surface area contributed by atoms with E-state index in [2.05, 4.69) is 23.0 Å². The molecule has 0 spiro atoms. The number of aromatic nitrogens is 1. The number of pyridine rings is 1. The molecule has 0 radical (unpaired) electrons. The smallest absolute Gasteiger partial charge is 0.0931 e. The highest BCUT2D eigenvalue weighted by Crippen LogP contribution is 2.22. The third kappa shape index (κ3) is 3.96. The fraction of sp³-hybridized carbons (Fsp3) is 0.250. The summed E-state index contributed by atoms with van der Waals surface area (Å²) in [4.78, 5) is 7.71. The second-order valence-electron chi connectivity index (χ2n) is 3.84. The van der Waals surface area contributed by atoms with E-state index in [-0.39, 0.29) is 0 Å². The maximum atomic E-state index is 5.92. The van der Waals surface area contributed by atoms with E-state index in [9.17, 15) is 0 Å². The van der Waals surface area contributed by atoms with Gasteiger partial charge < -0.3 is 0 Å². The topological polar surface area (TPSA) is 16.1 Å². The SMILES string of the molecule is CN(Cc1cc(Cl)ccn1)Cc1ccc(Cl)s1. The molecular weight excluding hydrogens is 275 g/mol. The van der Waals surface area contributed by atoms with Crippen molar-refractivity contribution in [1.29, 1.82) is 0 Å². The Morgan fingerprint density at radius 3 is 2.71 bits per heavy atom. The molecule has 90 valence electrons. The highest BCUT2D eigenvalue weighted by atomic mass is 35.5. The fourth-order valence-corrected chi connectivity index (χ4v) is 2.92. The van der Waals surface area contributed by atoms with Gasteiger partial charge in [-0.2, -0.15) is 0 Å². The van der Waals surface area contributed by atoms with Gasteiger partial charge in [0.2, 0.25) is 0 Å². The molecule has 0 bridgehead atoms. The van der Waals surface area contributed by atoms with E-state index < -0.39 is 0 Å². The third-order valence-corrected chi connectivity index (χ3v) is 3.72. The van der Waals surface area contributed by atoms with Crippen LogP contribution in [0.2, 0.25) is 9.36 Å². The van der Waals surface area contributed by atoms with Crippen molar-refractivity contribution in [2.24, 2.45) is 0 Å². The predicted molar refractivity (Wildman–Crippen MR) is 73.7 cm³/mol. The average molecular weight is 287 g/mol. The van der Waals surface area contributed by atoms with Crippen molar-refractivity contribution in [3.63, 3.8) is 0 Å². The van der Waals surface area contributed by atoms with E-state index in [1.54, 1.807) is 23.6 Å². The predicted octanol–water partition coefficient (Wildman–Crippen LogP) is 4.08. The summed E-state index contributed by atoms with van der Waals surface area (Å²) < 4.78 is 0.828. The summed E-state index contributed by atoms with van der Waals surface area (Å²) in [6.07, 6.45) is 1.73. The molecule has 0 atom stereocenters. The van der Waals surface area contributed by atoms with Gasteiger partial charge in [-0.1, -0.05) is 23.2 Å². The number of rotatable bonds is 4. The Labute approximate surface area is 115 Å². The van der Waals surface area contributed by atoms with Crippen LogP contribution < -0.4 is 0 Å². The van der Waals surface area contributed by atoms with Gasteiger partial charge in [0.25, 0.3) is 0 Å². The van der Waals surface area contributed by atoms with Gasteiger partial charge in [0.15, 0.2) is 0 Å². The van der Waals surface area contributed by atoms with Gasteiger partial charge in [-0.05, 0) is 31.3 Å². The van der Waals surface area contributed by atoms with Crippen LogP contribution in [-0.4, -0.2) is 16.9 Å². The molecule has 0 saturated heterocycles. The number of thiophene rings is 1. The van der Waals surface area contributed by atoms with Gasteiger partial charge in [-0.15, -0.1) is 11.3 Å². The van der Waals surface area contributed by atoms with Crippen LogP contribution in [0.25, 0.3) is 0 Å². The highest BCUT2D eigenvalue weighted by Gasteiger charge is 2.05. The molecule has 17 heavy (non-hydrogen) atoms. The first kappa shape index (κ1) is 12.8. The summed E-state index contributed by atoms with van der Waals surface area (Å²) in [5.74, 6) is 0. The lowest BCUT2D eigenvalue weighted by molar-refractivity contribution is 0.318. The van der Waals surface area contributed by atoms with Gasteiger partial charge in [-0.25, -0.2) is 0 Å². The Morgan fingerprint density at radius 2 is 2.06 bits per heavy atom. The quantitative estimate of drug-likeness (QED) is 0.842. The van der Waals surface area contributed by atoms with E-state index in [4.69, 9.17) is 23.2 Å². The zero-order chi connectivity index (χ0) is 12.3. The van der Waals surface area contributed by atoms with Gasteiger partial charge in [0.05, 0.1) is 10.0 Å². The van der Waals surface area contributed by atoms with Crippen molar-refractivity contribution in [3.05, 3.63) is 50.4 Å². The van der Waals surface area contributed by atoms with Crippen LogP contribution in [0.4, 0.5) is 0 Å². The van der Waals surface area contributed by atoms with Gasteiger partial charge in [-0.3, -0.25) is 9.88 Å². The lowest BCUT2D eigenvalue weighted by Gasteiger charge is -2.14. The zero-order valence-electron chi connectivity index (χ0n) is 9.36. The molecule has 2 heterocycles. The highest BCUT2D eigenvalue weighted by molar-refractivity contribution is 7.16. The molecule has 2 aromatic rings. The van der Waals surface area contributed by atoms with Crippen molar-refractivity contribution in [1.82, 2.24) is 9.88 Å². The van der Waals surface area contributed by atoms with Gasteiger partial charge in [0, 0.05) is 29.2 Å². The summed E-state index contributed by atoms with van der Waals surface area (Å²) in [7, 11) is 2.05. The third-order valence-electron chi connectivity index (χ3n) is 2.27. The molecule has 2 rings (SSSR count). The summed E-state index contributed by atoms with van der Waals surface area (Å²) in [6, 6.07) is 7.64. The molecule has 2 aromatic heterocycles. The Hall–Kier alpha value is -0.610. The Bertz CT molecular complexity index is 499. The first-order chi connectivity index (χ1) is 8.13. The van der Waals surface area contributed by atoms with Crippen molar-refractivity contribution in [2.45, 2.75) is 13.1 Å². The summed E-state index contributed by atoms with van der Waals surface area (Å²) in [6.45, 7) is 1.64. The van der Waals surface area contributed by atoms with Crippen LogP contribution in [-0.2, 0) is 13.1 Å². The van der Waals surface area contributed by atoms with Gasteiger partial charge >= 0.3 is 0 Å². The van der Waals surface area contributed by atoms with E-state index in [0.717, 1.165) is 28.1 Å². The van der Waals surface area contributed by atoms with Crippen molar-refractivity contribution in [3.8, 4) is 0 Å². The molecule has 0 aromatic carbocycles. The second kappa shape index (κ2) is 5.83. The number of hydrogen-bond donors (Lipinski definition) is 0. The maximum Gasteiger partial charge on any atom is 0.0931 e. The van der Waals surface area contributed by atoms with Crippen LogP contribution in [0, 0.1) is 0 Å². The lowest BCUT2D eigenvalue weighted by atomic mass is 10.3. The molecule has 0 amide bonds. The fourth-order valence-electron chi connectivity index (χ4n) is 1.57. The Balaban J connectivity index is 1.95. The second-order valence-corrected chi connectivity index (χ2v) is 6.08. The first-order valence-corrected chi connectivity index (χ1v) is 6.74. The number of hydrogen-bond acceptors (Lipinski definition) is 3. The molecule has 0 unspecified atom stereocenters. The van der Waals surface area contributed by atoms with E-state index in [1.807, 2.05) is 12.1 Å². The molecule has 2 nitrogen and oxygen atoms in total. The van der Waals surface area contributed by atoms with Crippen molar-refractivity contribution >= 4 is 34.5 Å². The van der Waals surface area contributed by atoms with Crippen LogP contribution in [0.3, 0.4) is 0 Å². The molecule has 0 fully saturated rings. The van der Waals surface area contributed by atoms with Crippen LogP contribution in [0.1, 0.15) is 10.6 Å². The minimum absolute atomic E-state index is 0.725. The van der Waals surface area contributed by atoms with E-state index in [1.165, 1.54) is 4.88 Å². The molecule has 0 aliphatic heterocycles.